The molecular weight excluding hydrogens is 699 g/mol. The Labute approximate surface area is 257 Å². The van der Waals surface area contributed by atoms with Crippen LogP contribution in [0.3, 0.4) is 0 Å². The number of furan rings is 1. The van der Waals surface area contributed by atoms with Crippen LogP contribution >= 0.6 is 0 Å². The van der Waals surface area contributed by atoms with E-state index in [9.17, 15) is 0 Å². The quantitative estimate of drug-likeness (QED) is 0.135. The maximum Gasteiger partial charge on any atom is 0.124 e. The van der Waals surface area contributed by atoms with E-state index in [2.05, 4.69) is 91.8 Å². The topological polar surface area (TPSA) is 51.8 Å². The van der Waals surface area contributed by atoms with E-state index in [0.29, 0.717) is 0 Å². The zero-order valence-electron chi connectivity index (χ0n) is 24.7. The van der Waals surface area contributed by atoms with Crippen LogP contribution in [0.15, 0.2) is 89.9 Å². The van der Waals surface area contributed by atoms with E-state index in [1.165, 1.54) is 21.7 Å². The van der Waals surface area contributed by atoms with Gasteiger partial charge in [0.1, 0.15) is 5.58 Å². The Hall–Kier alpha value is -3.44. The van der Waals surface area contributed by atoms with Crippen LogP contribution < -0.4 is 5.19 Å². The first-order valence-corrected chi connectivity index (χ1v) is 17.1. The maximum atomic E-state index is 6.31. The third kappa shape index (κ3) is 6.73. The molecule has 6 heteroatoms. The molecule has 0 saturated heterocycles. The van der Waals surface area contributed by atoms with Crippen LogP contribution in [0, 0.1) is 19.1 Å². The molecule has 2 aromatic carbocycles. The van der Waals surface area contributed by atoms with Crippen molar-refractivity contribution >= 4 is 35.2 Å². The minimum atomic E-state index is -1.58. The fourth-order valence-electron chi connectivity index (χ4n) is 4.66. The van der Waals surface area contributed by atoms with Crippen LogP contribution in [0.2, 0.25) is 19.6 Å². The zero-order valence-corrected chi connectivity index (χ0v) is 28.1. The van der Waals surface area contributed by atoms with Crippen molar-refractivity contribution in [3.05, 3.63) is 109 Å². The van der Waals surface area contributed by atoms with Crippen molar-refractivity contribution in [2.75, 3.05) is 0 Å². The van der Waals surface area contributed by atoms with E-state index in [0.717, 1.165) is 39.1 Å². The number of hydrogen-bond donors (Lipinski definition) is 0. The minimum Gasteiger partial charge on any atom is -0.500 e. The molecule has 0 saturated carbocycles. The standard InChI is InChI=1S/C23H25N2OSi.C12H10N.Ir/c1-23(2,3)15-9-12-25-18(13-15)16-7-8-20(27(4,5)6)21-17-14-24-11-10-19(17)26-22(16)21;1-10-7-8-12(13-9-10)11-5-3-2-4-6-11;/h8-14H,1-6H3;2-5,7-9H,1H3;/q2*-1;. The number of benzene rings is 2. The Morgan fingerprint density at radius 2 is 1.66 bits per heavy atom. The van der Waals surface area contributed by atoms with Gasteiger partial charge in [-0.1, -0.05) is 69.6 Å². The van der Waals surface area contributed by atoms with Crippen LogP contribution in [-0.4, -0.2) is 23.0 Å². The molecule has 6 rings (SSSR count). The molecule has 0 atom stereocenters. The summed E-state index contributed by atoms with van der Waals surface area (Å²) in [5.41, 5.74) is 8.08. The molecule has 0 bridgehead atoms. The van der Waals surface area contributed by atoms with Gasteiger partial charge in [-0.15, -0.1) is 53.2 Å². The Balaban J connectivity index is 0.000000233. The molecule has 0 aliphatic heterocycles. The molecule has 0 unspecified atom stereocenters. The number of aromatic nitrogens is 3. The number of nitrogens with zero attached hydrogens (tertiary/aromatic N) is 3. The average molecular weight is 734 g/mol. The van der Waals surface area contributed by atoms with E-state index in [-0.39, 0.29) is 25.5 Å². The number of hydrogen-bond acceptors (Lipinski definition) is 4. The van der Waals surface area contributed by atoms with Crippen molar-refractivity contribution in [3.63, 3.8) is 0 Å². The summed E-state index contributed by atoms with van der Waals surface area (Å²) in [5, 5.41) is 3.60. The van der Waals surface area contributed by atoms with Gasteiger partial charge in [-0.05, 0) is 47.0 Å². The molecule has 0 amide bonds. The molecule has 4 aromatic heterocycles. The molecule has 41 heavy (non-hydrogen) atoms. The van der Waals surface area contributed by atoms with Crippen molar-refractivity contribution < 1.29 is 24.5 Å². The van der Waals surface area contributed by atoms with Gasteiger partial charge in [-0.3, -0.25) is 4.98 Å². The van der Waals surface area contributed by atoms with Gasteiger partial charge in [0.25, 0.3) is 0 Å². The van der Waals surface area contributed by atoms with Crippen molar-refractivity contribution in [2.24, 2.45) is 0 Å². The van der Waals surface area contributed by atoms with E-state index >= 15 is 0 Å². The summed E-state index contributed by atoms with van der Waals surface area (Å²) in [5.74, 6) is 0. The largest absolute Gasteiger partial charge is 0.500 e. The van der Waals surface area contributed by atoms with Gasteiger partial charge in [0.2, 0.25) is 0 Å². The SMILES string of the molecule is CC(C)(C)c1ccnc(-c2[c-]cc([Si](C)(C)C)c3c2oc2ccncc23)c1.Cc1ccc(-c2[c-]cccc2)nc1.[Ir]. The van der Waals surface area contributed by atoms with Gasteiger partial charge in [0.05, 0.1) is 5.58 Å². The molecule has 4 nitrogen and oxygen atoms in total. The molecule has 211 valence electrons. The van der Waals surface area contributed by atoms with E-state index in [1.807, 2.05) is 61.9 Å². The minimum absolute atomic E-state index is 0. The normalized spacial score (nSPS) is 11.6. The fraction of sp³-hybridized carbons (Fsp3) is 0.229. The van der Waals surface area contributed by atoms with E-state index in [4.69, 9.17) is 4.42 Å². The molecule has 0 N–H and O–H groups in total. The summed E-state index contributed by atoms with van der Waals surface area (Å²) < 4.78 is 6.31. The fourth-order valence-corrected chi connectivity index (χ4v) is 6.17. The Bertz CT molecular complexity index is 1770. The zero-order chi connectivity index (χ0) is 28.5. The van der Waals surface area contributed by atoms with Gasteiger partial charge in [0, 0.05) is 58.4 Å². The van der Waals surface area contributed by atoms with Crippen LogP contribution in [-0.2, 0) is 25.5 Å². The van der Waals surface area contributed by atoms with Gasteiger partial charge >= 0.3 is 0 Å². The van der Waals surface area contributed by atoms with E-state index in [1.54, 1.807) is 6.20 Å². The van der Waals surface area contributed by atoms with Crippen LogP contribution in [0.4, 0.5) is 0 Å². The smallest absolute Gasteiger partial charge is 0.124 e. The summed E-state index contributed by atoms with van der Waals surface area (Å²) >= 11 is 0. The van der Waals surface area contributed by atoms with Crippen LogP contribution in [0.1, 0.15) is 31.9 Å². The van der Waals surface area contributed by atoms with Crippen molar-refractivity contribution in [1.29, 1.82) is 0 Å². The predicted octanol–water partition coefficient (Wildman–Crippen LogP) is 8.54. The van der Waals surface area contributed by atoms with Gasteiger partial charge in [0.15, 0.2) is 0 Å². The number of pyridine rings is 3. The van der Waals surface area contributed by atoms with Gasteiger partial charge < -0.3 is 14.4 Å². The monoisotopic (exact) mass is 734 g/mol. The first-order valence-electron chi connectivity index (χ1n) is 13.6. The summed E-state index contributed by atoms with van der Waals surface area (Å²) in [6, 6.07) is 26.9. The van der Waals surface area contributed by atoms with Crippen LogP contribution in [0.5, 0.6) is 0 Å². The first-order chi connectivity index (χ1) is 19.0. The maximum absolute atomic E-state index is 6.31. The Morgan fingerprint density at radius 3 is 2.32 bits per heavy atom. The number of rotatable bonds is 3. The summed E-state index contributed by atoms with van der Waals surface area (Å²) in [6.45, 7) is 15.7. The number of fused-ring (bicyclic) bond motifs is 3. The second-order valence-corrected chi connectivity index (χ2v) is 17.2. The molecule has 0 aliphatic carbocycles. The third-order valence-corrected chi connectivity index (χ3v) is 8.94. The van der Waals surface area contributed by atoms with Crippen molar-refractivity contribution in [2.45, 2.75) is 52.8 Å². The molecular formula is C35H35IrN3OSi-2. The summed E-state index contributed by atoms with van der Waals surface area (Å²) in [6.07, 6.45) is 7.44. The molecule has 0 fully saturated rings. The molecule has 0 spiro atoms. The molecule has 6 aromatic rings. The van der Waals surface area contributed by atoms with Crippen molar-refractivity contribution in [1.82, 2.24) is 15.0 Å². The van der Waals surface area contributed by atoms with Gasteiger partial charge in [-0.2, -0.15) is 0 Å². The predicted molar refractivity (Wildman–Crippen MR) is 169 cm³/mol. The summed E-state index contributed by atoms with van der Waals surface area (Å²) in [7, 11) is -1.58. The third-order valence-electron chi connectivity index (χ3n) is 6.93. The number of aryl methyl sites for hydroxylation is 1. The second-order valence-electron chi connectivity index (χ2n) is 12.2. The molecule has 4 heterocycles. The Kier molecular flexibility index (Phi) is 9.08. The molecule has 0 aliphatic rings. The van der Waals surface area contributed by atoms with Gasteiger partial charge in [-0.25, -0.2) is 0 Å². The first kappa shape index (κ1) is 30.5. The van der Waals surface area contributed by atoms with Crippen LogP contribution in [0.25, 0.3) is 44.5 Å². The molecule has 1 radical (unpaired) electrons. The van der Waals surface area contributed by atoms with Crippen molar-refractivity contribution in [3.8, 4) is 22.5 Å². The average Bonchev–Trinajstić information content (AvgIpc) is 3.32. The Morgan fingerprint density at radius 1 is 0.854 bits per heavy atom. The summed E-state index contributed by atoms with van der Waals surface area (Å²) in [4.78, 5) is 13.3. The second kappa shape index (κ2) is 12.2. The van der Waals surface area contributed by atoms with E-state index < -0.39 is 8.07 Å².